The molecule has 2 rings (SSSR count). The second-order valence-electron chi connectivity index (χ2n) is 3.12. The third-order valence-electron chi connectivity index (χ3n) is 1.92. The van der Waals surface area contributed by atoms with Crippen molar-refractivity contribution >= 4 is 23.5 Å². The standard InChI is InChI=1S/C9H9ClN6O/c1-2-6-13-7(16-15-6)8(17)14-9-11-4-3-5(10)12-9/h3-4H,2H2,1H3,(H,13,15,16)(H,11,12,14,17). The van der Waals surface area contributed by atoms with E-state index in [9.17, 15) is 4.79 Å². The van der Waals surface area contributed by atoms with Gasteiger partial charge in [0.1, 0.15) is 11.0 Å². The van der Waals surface area contributed by atoms with Crippen molar-refractivity contribution in [3.8, 4) is 0 Å². The average Bonchev–Trinajstić information content (AvgIpc) is 2.77. The van der Waals surface area contributed by atoms with E-state index in [1.807, 2.05) is 6.92 Å². The van der Waals surface area contributed by atoms with E-state index in [4.69, 9.17) is 11.6 Å². The molecule has 0 aliphatic carbocycles. The minimum absolute atomic E-state index is 0.0467. The van der Waals surface area contributed by atoms with Gasteiger partial charge in [-0.1, -0.05) is 18.5 Å². The van der Waals surface area contributed by atoms with Crippen LogP contribution < -0.4 is 5.32 Å². The highest BCUT2D eigenvalue weighted by atomic mass is 35.5. The van der Waals surface area contributed by atoms with Crippen LogP contribution >= 0.6 is 11.6 Å². The molecule has 8 heteroatoms. The maximum atomic E-state index is 11.7. The fourth-order valence-electron chi connectivity index (χ4n) is 1.11. The predicted molar refractivity (Wildman–Crippen MR) is 60.8 cm³/mol. The van der Waals surface area contributed by atoms with Crippen LogP contribution in [0, 0.1) is 0 Å². The van der Waals surface area contributed by atoms with Crippen molar-refractivity contribution in [1.29, 1.82) is 0 Å². The monoisotopic (exact) mass is 252 g/mol. The number of nitrogens with zero attached hydrogens (tertiary/aromatic N) is 4. The summed E-state index contributed by atoms with van der Waals surface area (Å²) in [6.07, 6.45) is 2.12. The molecular weight excluding hydrogens is 244 g/mol. The minimum Gasteiger partial charge on any atom is -0.288 e. The summed E-state index contributed by atoms with van der Waals surface area (Å²) in [4.78, 5) is 23.3. The number of amides is 1. The van der Waals surface area contributed by atoms with Crippen molar-refractivity contribution < 1.29 is 4.79 Å². The molecule has 2 aromatic heterocycles. The van der Waals surface area contributed by atoms with Crippen molar-refractivity contribution in [2.75, 3.05) is 5.32 Å². The Balaban J connectivity index is 2.11. The summed E-state index contributed by atoms with van der Waals surface area (Å²) in [6.45, 7) is 1.91. The van der Waals surface area contributed by atoms with Gasteiger partial charge in [0.05, 0.1) is 0 Å². The van der Waals surface area contributed by atoms with Gasteiger partial charge in [-0.05, 0) is 6.07 Å². The minimum atomic E-state index is -0.483. The molecule has 2 heterocycles. The molecule has 0 spiro atoms. The third-order valence-corrected chi connectivity index (χ3v) is 2.13. The molecule has 0 radical (unpaired) electrons. The molecule has 0 unspecified atom stereocenters. The zero-order chi connectivity index (χ0) is 12.3. The fraction of sp³-hybridized carbons (Fsp3) is 0.222. The second-order valence-corrected chi connectivity index (χ2v) is 3.50. The van der Waals surface area contributed by atoms with E-state index >= 15 is 0 Å². The van der Waals surface area contributed by atoms with Gasteiger partial charge in [0, 0.05) is 12.6 Å². The van der Waals surface area contributed by atoms with Gasteiger partial charge >= 0.3 is 0 Å². The van der Waals surface area contributed by atoms with Crippen molar-refractivity contribution in [1.82, 2.24) is 25.1 Å². The Kier molecular flexibility index (Phi) is 3.29. The maximum absolute atomic E-state index is 11.7. The van der Waals surface area contributed by atoms with Crippen molar-refractivity contribution in [2.45, 2.75) is 13.3 Å². The second kappa shape index (κ2) is 4.88. The summed E-state index contributed by atoms with van der Waals surface area (Å²) in [5.74, 6) is 0.321. The van der Waals surface area contributed by atoms with Crippen LogP contribution in [0.2, 0.25) is 5.15 Å². The molecule has 0 saturated carbocycles. The fourth-order valence-corrected chi connectivity index (χ4v) is 1.25. The number of hydrogen-bond donors (Lipinski definition) is 2. The Morgan fingerprint density at radius 1 is 1.53 bits per heavy atom. The predicted octanol–water partition coefficient (Wildman–Crippen LogP) is 1.06. The quantitative estimate of drug-likeness (QED) is 0.797. The van der Waals surface area contributed by atoms with Gasteiger partial charge in [-0.2, -0.15) is 0 Å². The largest absolute Gasteiger partial charge is 0.297 e. The van der Waals surface area contributed by atoms with Crippen LogP contribution in [0.25, 0.3) is 0 Å². The summed E-state index contributed by atoms with van der Waals surface area (Å²) < 4.78 is 0. The number of aromatic nitrogens is 5. The SMILES string of the molecule is CCc1nc(C(=O)Nc2nccc(Cl)n2)n[nH]1. The molecule has 0 aromatic carbocycles. The first-order chi connectivity index (χ1) is 8.19. The first-order valence-corrected chi connectivity index (χ1v) is 5.28. The zero-order valence-corrected chi connectivity index (χ0v) is 9.69. The lowest BCUT2D eigenvalue weighted by Crippen LogP contribution is -2.15. The molecule has 0 fully saturated rings. The highest BCUT2D eigenvalue weighted by Gasteiger charge is 2.13. The topological polar surface area (TPSA) is 96.5 Å². The van der Waals surface area contributed by atoms with E-state index in [2.05, 4.69) is 30.5 Å². The Morgan fingerprint density at radius 2 is 2.35 bits per heavy atom. The summed E-state index contributed by atoms with van der Waals surface area (Å²) >= 11 is 5.66. The molecular formula is C9H9ClN6O. The van der Waals surface area contributed by atoms with Crippen LogP contribution in [-0.2, 0) is 6.42 Å². The summed E-state index contributed by atoms with van der Waals surface area (Å²) in [5.41, 5.74) is 0. The molecule has 0 atom stereocenters. The van der Waals surface area contributed by atoms with Crippen molar-refractivity contribution in [3.63, 3.8) is 0 Å². The number of rotatable bonds is 3. The van der Waals surface area contributed by atoms with Gasteiger partial charge in [-0.3, -0.25) is 15.2 Å². The molecule has 0 bridgehead atoms. The normalized spacial score (nSPS) is 10.2. The number of carbonyl (C=O) groups excluding carboxylic acids is 1. The highest BCUT2D eigenvalue weighted by Crippen LogP contribution is 2.06. The Hall–Kier alpha value is -2.02. The van der Waals surface area contributed by atoms with Gasteiger partial charge in [-0.15, -0.1) is 5.10 Å². The number of nitrogens with one attached hydrogen (secondary N) is 2. The number of H-pyrrole nitrogens is 1. The van der Waals surface area contributed by atoms with E-state index in [1.54, 1.807) is 0 Å². The number of hydrogen-bond acceptors (Lipinski definition) is 5. The molecule has 1 amide bonds. The Bertz CT molecular complexity index is 540. The molecule has 7 nitrogen and oxygen atoms in total. The van der Waals surface area contributed by atoms with Gasteiger partial charge in [0.25, 0.3) is 5.91 Å². The van der Waals surface area contributed by atoms with Crippen LogP contribution in [0.3, 0.4) is 0 Å². The lowest BCUT2D eigenvalue weighted by molar-refractivity contribution is 0.101. The lowest BCUT2D eigenvalue weighted by atomic mass is 10.5. The average molecular weight is 253 g/mol. The maximum Gasteiger partial charge on any atom is 0.297 e. The summed E-state index contributed by atoms with van der Waals surface area (Å²) in [7, 11) is 0. The summed E-state index contributed by atoms with van der Waals surface area (Å²) in [5, 5.41) is 9.11. The molecule has 2 N–H and O–H groups in total. The van der Waals surface area contributed by atoms with Gasteiger partial charge < -0.3 is 0 Å². The Labute approximate surface area is 102 Å². The van der Waals surface area contributed by atoms with Crippen molar-refractivity contribution in [3.05, 3.63) is 29.1 Å². The lowest BCUT2D eigenvalue weighted by Gasteiger charge is -1.99. The zero-order valence-electron chi connectivity index (χ0n) is 8.94. The van der Waals surface area contributed by atoms with Crippen LogP contribution in [0.1, 0.15) is 23.4 Å². The summed E-state index contributed by atoms with van der Waals surface area (Å²) in [6, 6.07) is 1.51. The molecule has 2 aromatic rings. The van der Waals surface area contributed by atoms with Crippen LogP contribution in [0.5, 0.6) is 0 Å². The number of halogens is 1. The first-order valence-electron chi connectivity index (χ1n) is 4.90. The van der Waals surface area contributed by atoms with Gasteiger partial charge in [-0.25, -0.2) is 15.0 Å². The Morgan fingerprint density at radius 3 is 3.00 bits per heavy atom. The van der Waals surface area contributed by atoms with Gasteiger partial charge in [0.2, 0.25) is 11.8 Å². The first kappa shape index (κ1) is 11.5. The van der Waals surface area contributed by atoms with E-state index in [0.717, 1.165) is 0 Å². The van der Waals surface area contributed by atoms with Crippen LogP contribution in [0.4, 0.5) is 5.95 Å². The van der Waals surface area contributed by atoms with Gasteiger partial charge in [0.15, 0.2) is 0 Å². The number of aryl methyl sites for hydroxylation is 1. The van der Waals surface area contributed by atoms with E-state index < -0.39 is 5.91 Å². The molecule has 0 saturated heterocycles. The van der Waals surface area contributed by atoms with Crippen LogP contribution in [-0.4, -0.2) is 31.1 Å². The van der Waals surface area contributed by atoms with Crippen LogP contribution in [0.15, 0.2) is 12.3 Å². The van der Waals surface area contributed by atoms with E-state index in [1.165, 1.54) is 12.3 Å². The van der Waals surface area contributed by atoms with E-state index in [-0.39, 0.29) is 16.9 Å². The number of anilines is 1. The molecule has 17 heavy (non-hydrogen) atoms. The molecule has 0 aliphatic heterocycles. The number of carbonyl (C=O) groups is 1. The third kappa shape index (κ3) is 2.76. The smallest absolute Gasteiger partial charge is 0.288 e. The van der Waals surface area contributed by atoms with Crippen molar-refractivity contribution in [2.24, 2.45) is 0 Å². The molecule has 0 aliphatic rings. The molecule has 88 valence electrons. The number of aromatic amines is 1. The highest BCUT2D eigenvalue weighted by molar-refractivity contribution is 6.29. The van der Waals surface area contributed by atoms with E-state index in [0.29, 0.717) is 12.2 Å².